The number of aromatic carboxylic acids is 2. The van der Waals surface area contributed by atoms with E-state index in [9.17, 15) is 9.59 Å². The fourth-order valence-electron chi connectivity index (χ4n) is 1.33. The highest BCUT2D eigenvalue weighted by Crippen LogP contribution is 2.29. The van der Waals surface area contributed by atoms with Crippen molar-refractivity contribution >= 4 is 40.2 Å². The van der Waals surface area contributed by atoms with Crippen LogP contribution in [0.4, 0.5) is 0 Å². The Morgan fingerprint density at radius 1 is 1.06 bits per heavy atom. The Morgan fingerprint density at radius 3 is 2.00 bits per heavy atom. The molecular weight excluding hydrogens is 267 g/mol. The first-order valence-corrected chi connectivity index (χ1v) is 5.23. The Labute approximate surface area is 107 Å². The van der Waals surface area contributed by atoms with Crippen molar-refractivity contribution in [2.45, 2.75) is 6.92 Å². The first kappa shape index (κ1) is 13.5. The van der Waals surface area contributed by atoms with Crippen LogP contribution in [0.15, 0.2) is 23.2 Å². The van der Waals surface area contributed by atoms with Gasteiger partial charge in [0.1, 0.15) is 0 Å². The minimum Gasteiger partial charge on any atom is -0.478 e. The summed E-state index contributed by atoms with van der Waals surface area (Å²) in [5.41, 5.74) is -0.609. The number of carboxylic acids is 2. The summed E-state index contributed by atoms with van der Waals surface area (Å²) in [5, 5.41) is 18.2. The fourth-order valence-corrected chi connectivity index (χ4v) is 1.59. The van der Waals surface area contributed by atoms with Crippen LogP contribution in [0.5, 0.6) is 0 Å². The maximum Gasteiger partial charge on any atom is 0.337 e. The normalized spacial score (nSPS) is 11.9. The molecule has 0 bridgehead atoms. The van der Waals surface area contributed by atoms with Crippen LogP contribution in [0.2, 0.25) is 0 Å². The van der Waals surface area contributed by atoms with Gasteiger partial charge >= 0.3 is 11.9 Å². The first-order chi connectivity index (χ1) is 7.86. The maximum atomic E-state index is 11.1. The standard InChI is InChI=1S/C11H8Cl2O4/c1-5(12)9(13)6-3-2-4-7(10(14)15)8(6)11(16)17/h2-4H,1H3,(H,14,15)(H,16,17)/b9-5-. The smallest absolute Gasteiger partial charge is 0.337 e. The van der Waals surface area contributed by atoms with Gasteiger partial charge in [-0.05, 0) is 13.0 Å². The van der Waals surface area contributed by atoms with Crippen molar-refractivity contribution in [1.82, 2.24) is 0 Å². The Kier molecular flexibility index (Phi) is 4.15. The molecule has 0 heterocycles. The van der Waals surface area contributed by atoms with Gasteiger partial charge in [0.05, 0.1) is 16.2 Å². The highest BCUT2D eigenvalue weighted by atomic mass is 35.5. The molecule has 0 saturated carbocycles. The second kappa shape index (κ2) is 5.21. The summed E-state index contributed by atoms with van der Waals surface area (Å²) >= 11 is 11.5. The summed E-state index contributed by atoms with van der Waals surface area (Å²) in [6.07, 6.45) is 0. The van der Waals surface area contributed by atoms with Gasteiger partial charge in [0, 0.05) is 10.6 Å². The molecule has 0 radical (unpaired) electrons. The number of carboxylic acid groups (broad SMARTS) is 2. The van der Waals surface area contributed by atoms with Gasteiger partial charge < -0.3 is 10.2 Å². The van der Waals surface area contributed by atoms with Crippen LogP contribution in [0, 0.1) is 0 Å². The zero-order chi connectivity index (χ0) is 13.2. The molecule has 4 nitrogen and oxygen atoms in total. The lowest BCUT2D eigenvalue weighted by molar-refractivity contribution is 0.0651. The molecule has 0 aliphatic carbocycles. The molecule has 90 valence electrons. The summed E-state index contributed by atoms with van der Waals surface area (Å²) in [5.74, 6) is -2.70. The minimum absolute atomic E-state index is 0.0205. The van der Waals surface area contributed by atoms with Gasteiger partial charge in [-0.2, -0.15) is 0 Å². The molecule has 0 atom stereocenters. The molecule has 0 amide bonds. The zero-order valence-corrected chi connectivity index (χ0v) is 10.2. The SMILES string of the molecule is C/C(Cl)=C(/Cl)c1cccc(C(=O)O)c1C(=O)O. The topological polar surface area (TPSA) is 74.6 Å². The first-order valence-electron chi connectivity index (χ1n) is 4.48. The molecule has 0 aliphatic rings. The Balaban J connectivity index is 3.63. The van der Waals surface area contributed by atoms with E-state index in [1.807, 2.05) is 0 Å². The Bertz CT molecular complexity index is 516. The van der Waals surface area contributed by atoms with Crippen LogP contribution in [0.25, 0.3) is 5.03 Å². The molecule has 17 heavy (non-hydrogen) atoms. The van der Waals surface area contributed by atoms with Gasteiger partial charge in [-0.25, -0.2) is 9.59 Å². The number of benzene rings is 1. The molecule has 0 fully saturated rings. The lowest BCUT2D eigenvalue weighted by Gasteiger charge is -2.08. The van der Waals surface area contributed by atoms with E-state index in [0.29, 0.717) is 0 Å². The van der Waals surface area contributed by atoms with Crippen molar-refractivity contribution < 1.29 is 19.8 Å². The lowest BCUT2D eigenvalue weighted by atomic mass is 10.0. The quantitative estimate of drug-likeness (QED) is 0.887. The number of hydrogen-bond acceptors (Lipinski definition) is 2. The molecule has 0 aromatic heterocycles. The van der Waals surface area contributed by atoms with Crippen LogP contribution < -0.4 is 0 Å². The number of hydrogen-bond donors (Lipinski definition) is 2. The number of carbonyl (C=O) groups is 2. The van der Waals surface area contributed by atoms with Crippen molar-refractivity contribution in [3.05, 3.63) is 39.9 Å². The summed E-state index contributed by atoms with van der Waals surface area (Å²) in [4.78, 5) is 22.0. The van der Waals surface area contributed by atoms with E-state index >= 15 is 0 Å². The minimum atomic E-state index is -1.37. The zero-order valence-electron chi connectivity index (χ0n) is 8.70. The second-order valence-corrected chi connectivity index (χ2v) is 4.13. The van der Waals surface area contributed by atoms with Gasteiger partial charge in [0.2, 0.25) is 0 Å². The highest BCUT2D eigenvalue weighted by molar-refractivity contribution is 6.54. The van der Waals surface area contributed by atoms with E-state index in [2.05, 4.69) is 0 Å². The molecule has 0 saturated heterocycles. The fraction of sp³-hybridized carbons (Fsp3) is 0.0909. The van der Waals surface area contributed by atoms with E-state index in [-0.39, 0.29) is 26.8 Å². The van der Waals surface area contributed by atoms with E-state index in [4.69, 9.17) is 33.4 Å². The van der Waals surface area contributed by atoms with Crippen molar-refractivity contribution in [1.29, 1.82) is 0 Å². The second-order valence-electron chi connectivity index (χ2n) is 3.19. The maximum absolute atomic E-state index is 11.1. The molecule has 1 rings (SSSR count). The highest BCUT2D eigenvalue weighted by Gasteiger charge is 2.21. The molecule has 0 spiro atoms. The van der Waals surface area contributed by atoms with Gasteiger partial charge in [0.15, 0.2) is 0 Å². The molecule has 6 heteroatoms. The molecule has 1 aromatic carbocycles. The van der Waals surface area contributed by atoms with Crippen molar-refractivity contribution in [2.75, 3.05) is 0 Å². The Morgan fingerprint density at radius 2 is 1.59 bits per heavy atom. The van der Waals surface area contributed by atoms with Crippen LogP contribution in [-0.2, 0) is 0 Å². The third kappa shape index (κ3) is 2.78. The van der Waals surface area contributed by atoms with Gasteiger partial charge in [-0.3, -0.25) is 0 Å². The average Bonchev–Trinajstić information content (AvgIpc) is 2.26. The number of halogens is 2. The molecule has 0 aliphatic heterocycles. The van der Waals surface area contributed by atoms with Crippen LogP contribution in [0.3, 0.4) is 0 Å². The van der Waals surface area contributed by atoms with Crippen LogP contribution in [0.1, 0.15) is 33.2 Å². The third-order valence-corrected chi connectivity index (χ3v) is 2.82. The summed E-state index contributed by atoms with van der Waals surface area (Å²) in [7, 11) is 0. The monoisotopic (exact) mass is 274 g/mol. The van der Waals surface area contributed by atoms with E-state index in [1.165, 1.54) is 25.1 Å². The lowest BCUT2D eigenvalue weighted by Crippen LogP contribution is -2.10. The predicted octanol–water partition coefficient (Wildman–Crippen LogP) is 3.25. The van der Waals surface area contributed by atoms with Crippen LogP contribution in [-0.4, -0.2) is 22.2 Å². The van der Waals surface area contributed by atoms with E-state index in [1.54, 1.807) is 0 Å². The van der Waals surface area contributed by atoms with Gasteiger partial charge in [0.25, 0.3) is 0 Å². The summed E-state index contributed by atoms with van der Waals surface area (Å²) in [6.45, 7) is 1.49. The van der Waals surface area contributed by atoms with Crippen molar-refractivity contribution in [3.63, 3.8) is 0 Å². The van der Waals surface area contributed by atoms with E-state index < -0.39 is 11.9 Å². The molecule has 0 unspecified atom stereocenters. The molecular formula is C11H8Cl2O4. The predicted molar refractivity (Wildman–Crippen MR) is 64.7 cm³/mol. The average molecular weight is 275 g/mol. The van der Waals surface area contributed by atoms with Crippen LogP contribution >= 0.6 is 23.2 Å². The summed E-state index contributed by atoms with van der Waals surface area (Å²) < 4.78 is 0. The van der Waals surface area contributed by atoms with Crippen molar-refractivity contribution in [3.8, 4) is 0 Å². The van der Waals surface area contributed by atoms with E-state index in [0.717, 1.165) is 0 Å². The number of allylic oxidation sites excluding steroid dienone is 1. The third-order valence-electron chi connectivity index (χ3n) is 2.05. The van der Waals surface area contributed by atoms with Crippen molar-refractivity contribution in [2.24, 2.45) is 0 Å². The molecule has 2 N–H and O–H groups in total. The number of rotatable bonds is 3. The Hall–Kier alpha value is -1.52. The van der Waals surface area contributed by atoms with Gasteiger partial charge in [-0.15, -0.1) is 0 Å². The summed E-state index contributed by atoms with van der Waals surface area (Å²) in [6, 6.07) is 4.01. The largest absolute Gasteiger partial charge is 0.478 e. The molecule has 1 aromatic rings. The van der Waals surface area contributed by atoms with Gasteiger partial charge in [-0.1, -0.05) is 35.3 Å².